The summed E-state index contributed by atoms with van der Waals surface area (Å²) in [6, 6.07) is 10.7. The molecule has 0 atom stereocenters. The molecule has 3 N–H and O–H groups in total. The Morgan fingerprint density at radius 3 is 2.61 bits per heavy atom. The normalized spacial score (nSPS) is 10.7. The SMILES string of the molecule is O=C(CNC(=O)c1cc2sc(Cl)c(Cl)c2[nH]1)Nc1ccccc1. The van der Waals surface area contributed by atoms with Gasteiger partial charge in [-0.1, -0.05) is 41.4 Å². The smallest absolute Gasteiger partial charge is 0.268 e. The van der Waals surface area contributed by atoms with Gasteiger partial charge in [-0.2, -0.15) is 0 Å². The third-order valence-electron chi connectivity index (χ3n) is 3.08. The Labute approximate surface area is 145 Å². The second kappa shape index (κ2) is 6.62. The van der Waals surface area contributed by atoms with Crippen molar-refractivity contribution in [3.8, 4) is 0 Å². The highest BCUT2D eigenvalue weighted by Gasteiger charge is 2.16. The van der Waals surface area contributed by atoms with Crippen molar-refractivity contribution in [2.24, 2.45) is 0 Å². The molecule has 0 aliphatic carbocycles. The number of aromatic amines is 1. The van der Waals surface area contributed by atoms with Crippen LogP contribution >= 0.6 is 34.5 Å². The maximum atomic E-state index is 12.1. The van der Waals surface area contributed by atoms with Crippen LogP contribution in [0.3, 0.4) is 0 Å². The largest absolute Gasteiger partial charge is 0.349 e. The third kappa shape index (κ3) is 3.50. The quantitative estimate of drug-likeness (QED) is 0.653. The summed E-state index contributed by atoms with van der Waals surface area (Å²) in [6.45, 7) is -0.130. The summed E-state index contributed by atoms with van der Waals surface area (Å²) in [6.07, 6.45) is 0. The van der Waals surface area contributed by atoms with Crippen molar-refractivity contribution in [3.05, 3.63) is 51.5 Å². The van der Waals surface area contributed by atoms with Gasteiger partial charge in [0.2, 0.25) is 5.91 Å². The van der Waals surface area contributed by atoms with Crippen molar-refractivity contribution in [1.82, 2.24) is 10.3 Å². The zero-order valence-corrected chi connectivity index (χ0v) is 14.0. The Hall–Kier alpha value is -2.02. The number of para-hydroxylation sites is 1. The van der Waals surface area contributed by atoms with Gasteiger partial charge in [-0.25, -0.2) is 0 Å². The molecule has 5 nitrogen and oxygen atoms in total. The molecule has 0 saturated heterocycles. The van der Waals surface area contributed by atoms with E-state index >= 15 is 0 Å². The first-order chi connectivity index (χ1) is 11.0. The minimum absolute atomic E-state index is 0.130. The van der Waals surface area contributed by atoms with E-state index in [9.17, 15) is 9.59 Å². The zero-order chi connectivity index (χ0) is 16.4. The molecule has 3 rings (SSSR count). The number of hydrogen-bond acceptors (Lipinski definition) is 3. The van der Waals surface area contributed by atoms with Crippen LogP contribution in [0, 0.1) is 0 Å². The highest BCUT2D eigenvalue weighted by Crippen LogP contribution is 2.38. The van der Waals surface area contributed by atoms with Crippen LogP contribution in [0.25, 0.3) is 10.2 Å². The van der Waals surface area contributed by atoms with Crippen LogP contribution in [-0.2, 0) is 4.79 Å². The van der Waals surface area contributed by atoms with E-state index in [2.05, 4.69) is 15.6 Å². The summed E-state index contributed by atoms with van der Waals surface area (Å²) in [4.78, 5) is 26.8. The molecule has 118 valence electrons. The van der Waals surface area contributed by atoms with Gasteiger partial charge in [0.1, 0.15) is 10.0 Å². The summed E-state index contributed by atoms with van der Waals surface area (Å²) in [5, 5.41) is 5.63. The molecule has 0 bridgehead atoms. The van der Waals surface area contributed by atoms with E-state index < -0.39 is 0 Å². The topological polar surface area (TPSA) is 74.0 Å². The molecule has 0 unspecified atom stereocenters. The van der Waals surface area contributed by atoms with E-state index in [4.69, 9.17) is 23.2 Å². The van der Waals surface area contributed by atoms with Crippen LogP contribution in [-0.4, -0.2) is 23.3 Å². The lowest BCUT2D eigenvalue weighted by Gasteiger charge is -2.06. The fourth-order valence-electron chi connectivity index (χ4n) is 2.02. The molecule has 8 heteroatoms. The Balaban J connectivity index is 1.61. The van der Waals surface area contributed by atoms with E-state index in [1.54, 1.807) is 18.2 Å². The molecule has 0 aliphatic rings. The average molecular weight is 368 g/mol. The Morgan fingerprint density at radius 1 is 1.17 bits per heavy atom. The molecule has 1 aromatic carbocycles. The van der Waals surface area contributed by atoms with E-state index in [0.29, 0.717) is 26.3 Å². The number of amides is 2. The van der Waals surface area contributed by atoms with Crippen LogP contribution in [0.5, 0.6) is 0 Å². The van der Waals surface area contributed by atoms with Gasteiger partial charge in [-0.05, 0) is 18.2 Å². The predicted octanol–water partition coefficient (Wildman–Crippen LogP) is 3.90. The second-order valence-corrected chi connectivity index (χ2v) is 6.74. The van der Waals surface area contributed by atoms with Gasteiger partial charge in [0.15, 0.2) is 0 Å². The number of carbonyl (C=O) groups excluding carboxylic acids is 2. The first-order valence-electron chi connectivity index (χ1n) is 6.64. The molecule has 0 saturated carbocycles. The van der Waals surface area contributed by atoms with Gasteiger partial charge in [-0.3, -0.25) is 9.59 Å². The number of benzene rings is 1. The molecular weight excluding hydrogens is 357 g/mol. The summed E-state index contributed by atoms with van der Waals surface area (Å²) in [5.74, 6) is -0.692. The molecule has 0 spiro atoms. The molecule has 3 aromatic rings. The number of rotatable bonds is 4. The molecular formula is C15H11Cl2N3O2S. The van der Waals surface area contributed by atoms with Crippen molar-refractivity contribution in [3.63, 3.8) is 0 Å². The molecule has 2 heterocycles. The second-order valence-electron chi connectivity index (χ2n) is 4.71. The number of nitrogens with one attached hydrogen (secondary N) is 3. The Morgan fingerprint density at radius 2 is 1.91 bits per heavy atom. The minimum atomic E-state index is -0.385. The minimum Gasteiger partial charge on any atom is -0.349 e. The van der Waals surface area contributed by atoms with Crippen molar-refractivity contribution < 1.29 is 9.59 Å². The molecule has 0 aliphatic heterocycles. The van der Waals surface area contributed by atoms with Crippen molar-refractivity contribution in [2.45, 2.75) is 0 Å². The maximum absolute atomic E-state index is 12.1. The fraction of sp³-hybridized carbons (Fsp3) is 0.0667. The standard InChI is InChI=1S/C15H11Cl2N3O2S/c16-12-13-10(23-14(12)17)6-9(20-13)15(22)18-7-11(21)19-8-4-2-1-3-5-8/h1-6,20H,7H2,(H,18,22)(H,19,21). The van der Waals surface area contributed by atoms with Crippen molar-refractivity contribution in [1.29, 1.82) is 0 Å². The molecule has 0 radical (unpaired) electrons. The van der Waals surface area contributed by atoms with Crippen molar-refractivity contribution in [2.75, 3.05) is 11.9 Å². The molecule has 2 amide bonds. The number of halogens is 2. The van der Waals surface area contributed by atoms with Crippen LogP contribution in [0.2, 0.25) is 9.36 Å². The maximum Gasteiger partial charge on any atom is 0.268 e. The summed E-state index contributed by atoms with van der Waals surface area (Å²) in [7, 11) is 0. The van der Waals surface area contributed by atoms with Crippen LogP contribution in [0.1, 0.15) is 10.5 Å². The van der Waals surface area contributed by atoms with Gasteiger partial charge in [-0.15, -0.1) is 11.3 Å². The van der Waals surface area contributed by atoms with E-state index in [1.807, 2.05) is 18.2 Å². The highest BCUT2D eigenvalue weighted by molar-refractivity contribution is 7.23. The molecule has 23 heavy (non-hydrogen) atoms. The number of thiophene rings is 1. The highest BCUT2D eigenvalue weighted by atomic mass is 35.5. The van der Waals surface area contributed by atoms with Crippen LogP contribution < -0.4 is 10.6 Å². The monoisotopic (exact) mass is 367 g/mol. The zero-order valence-electron chi connectivity index (χ0n) is 11.7. The Bertz CT molecular complexity index is 874. The third-order valence-corrected chi connectivity index (χ3v) is 5.02. The lowest BCUT2D eigenvalue weighted by Crippen LogP contribution is -2.33. The molecule has 2 aromatic heterocycles. The lowest BCUT2D eigenvalue weighted by atomic mass is 10.3. The predicted molar refractivity (Wildman–Crippen MR) is 93.6 cm³/mol. The number of carbonyl (C=O) groups is 2. The van der Waals surface area contributed by atoms with E-state index in [-0.39, 0.29) is 18.4 Å². The van der Waals surface area contributed by atoms with Crippen LogP contribution in [0.15, 0.2) is 36.4 Å². The first-order valence-corrected chi connectivity index (χ1v) is 8.21. The number of anilines is 1. The number of H-pyrrole nitrogens is 1. The average Bonchev–Trinajstić information content (AvgIpc) is 3.06. The number of hydrogen-bond donors (Lipinski definition) is 3. The van der Waals surface area contributed by atoms with Crippen LogP contribution in [0.4, 0.5) is 5.69 Å². The van der Waals surface area contributed by atoms with E-state index in [0.717, 1.165) is 4.70 Å². The summed E-state index contributed by atoms with van der Waals surface area (Å²) >= 11 is 13.2. The van der Waals surface area contributed by atoms with Gasteiger partial charge in [0, 0.05) is 5.69 Å². The van der Waals surface area contributed by atoms with Crippen molar-refractivity contribution >= 4 is 62.3 Å². The van der Waals surface area contributed by atoms with Gasteiger partial charge in [0.05, 0.1) is 21.8 Å². The molecule has 0 fully saturated rings. The lowest BCUT2D eigenvalue weighted by molar-refractivity contribution is -0.115. The van der Waals surface area contributed by atoms with Gasteiger partial charge in [0.25, 0.3) is 5.91 Å². The van der Waals surface area contributed by atoms with E-state index in [1.165, 1.54) is 11.3 Å². The van der Waals surface area contributed by atoms with Gasteiger partial charge >= 0.3 is 0 Å². The Kier molecular flexibility index (Phi) is 4.56. The number of aromatic nitrogens is 1. The fourth-order valence-corrected chi connectivity index (χ4v) is 3.50. The summed E-state index contributed by atoms with van der Waals surface area (Å²) in [5.41, 5.74) is 1.63. The first kappa shape index (κ1) is 15.9. The number of fused-ring (bicyclic) bond motifs is 1. The summed E-state index contributed by atoms with van der Waals surface area (Å²) < 4.78 is 1.26. The van der Waals surface area contributed by atoms with Gasteiger partial charge < -0.3 is 15.6 Å².